The maximum Gasteiger partial charge on any atom is 0.328 e. The van der Waals surface area contributed by atoms with Crippen LogP contribution in [0.25, 0.3) is 6.08 Å². The fourth-order valence-corrected chi connectivity index (χ4v) is 2.47. The van der Waals surface area contributed by atoms with Crippen LogP contribution in [-0.4, -0.2) is 31.0 Å². The number of urea groups is 1. The van der Waals surface area contributed by atoms with Gasteiger partial charge in [-0.05, 0) is 41.5 Å². The lowest BCUT2D eigenvalue weighted by atomic mass is 10.1. The van der Waals surface area contributed by atoms with Gasteiger partial charge >= 0.3 is 6.03 Å². The molecule has 0 aliphatic carbocycles. The molecule has 6 nitrogen and oxygen atoms in total. The van der Waals surface area contributed by atoms with Crippen molar-refractivity contribution in [1.82, 2.24) is 10.2 Å². The summed E-state index contributed by atoms with van der Waals surface area (Å²) in [5, 5.41) is 2.50. The van der Waals surface area contributed by atoms with Gasteiger partial charge in [-0.3, -0.25) is 9.69 Å². The van der Waals surface area contributed by atoms with Gasteiger partial charge in [0.05, 0.1) is 7.11 Å². The molecule has 2 aromatic carbocycles. The number of rotatable bonds is 5. The van der Waals surface area contributed by atoms with E-state index in [9.17, 15) is 14.0 Å². The second-order valence-corrected chi connectivity index (χ2v) is 5.68. The van der Waals surface area contributed by atoms with Gasteiger partial charge in [-0.2, -0.15) is 0 Å². The quantitative estimate of drug-likeness (QED) is 0.661. The van der Waals surface area contributed by atoms with Crippen LogP contribution in [-0.2, 0) is 11.4 Å². The molecule has 3 rings (SSSR count). The number of carbonyl (C=O) groups is 2. The Hall–Kier alpha value is -3.35. The number of hydrogen-bond donors (Lipinski definition) is 1. The van der Waals surface area contributed by atoms with E-state index in [1.807, 2.05) is 0 Å². The summed E-state index contributed by atoms with van der Waals surface area (Å²) in [4.78, 5) is 24.4. The average molecular weight is 356 g/mol. The van der Waals surface area contributed by atoms with Crippen LogP contribution in [0.4, 0.5) is 9.18 Å². The van der Waals surface area contributed by atoms with Crippen molar-refractivity contribution in [2.24, 2.45) is 0 Å². The highest BCUT2D eigenvalue weighted by Crippen LogP contribution is 2.30. The Labute approximate surface area is 149 Å². The van der Waals surface area contributed by atoms with Crippen LogP contribution in [0, 0.1) is 5.82 Å². The summed E-state index contributed by atoms with van der Waals surface area (Å²) in [6, 6.07) is 10.8. The third-order valence-electron chi connectivity index (χ3n) is 3.86. The fourth-order valence-electron chi connectivity index (χ4n) is 2.47. The van der Waals surface area contributed by atoms with Gasteiger partial charge in [0.1, 0.15) is 18.1 Å². The van der Waals surface area contributed by atoms with E-state index in [0.29, 0.717) is 22.6 Å². The molecular weight excluding hydrogens is 339 g/mol. The summed E-state index contributed by atoms with van der Waals surface area (Å²) in [7, 11) is 2.90. The Bertz CT molecular complexity index is 895. The third kappa shape index (κ3) is 3.66. The van der Waals surface area contributed by atoms with Gasteiger partial charge in [0, 0.05) is 7.05 Å². The minimum Gasteiger partial charge on any atom is -0.493 e. The molecule has 134 valence electrons. The first kappa shape index (κ1) is 17.5. The highest BCUT2D eigenvalue weighted by atomic mass is 19.1. The number of methoxy groups -OCH3 is 1. The minimum absolute atomic E-state index is 0.188. The topological polar surface area (TPSA) is 67.9 Å². The van der Waals surface area contributed by atoms with Crippen molar-refractivity contribution in [2.75, 3.05) is 14.2 Å². The smallest absolute Gasteiger partial charge is 0.328 e. The number of nitrogens with zero attached hydrogens (tertiary/aromatic N) is 1. The molecule has 7 heteroatoms. The zero-order chi connectivity index (χ0) is 18.7. The number of benzene rings is 2. The largest absolute Gasteiger partial charge is 0.493 e. The number of amides is 3. The molecule has 26 heavy (non-hydrogen) atoms. The van der Waals surface area contributed by atoms with E-state index in [4.69, 9.17) is 9.47 Å². The van der Waals surface area contributed by atoms with Crippen molar-refractivity contribution in [1.29, 1.82) is 0 Å². The number of likely N-dealkylation sites (N-methyl/N-ethyl adjacent to an activating group) is 1. The maximum absolute atomic E-state index is 13.2. The second-order valence-electron chi connectivity index (χ2n) is 5.68. The van der Waals surface area contributed by atoms with Crippen LogP contribution in [0.5, 0.6) is 11.5 Å². The number of carbonyl (C=O) groups excluding carboxylic acids is 2. The number of ether oxygens (including phenoxy) is 2. The molecule has 0 bridgehead atoms. The van der Waals surface area contributed by atoms with Crippen LogP contribution >= 0.6 is 0 Å². The molecule has 1 fully saturated rings. The molecule has 2 aromatic rings. The highest BCUT2D eigenvalue weighted by Gasteiger charge is 2.29. The number of halogens is 1. The Kier molecular flexibility index (Phi) is 4.88. The second kappa shape index (κ2) is 7.26. The molecule has 1 aliphatic rings. The zero-order valence-corrected chi connectivity index (χ0v) is 14.3. The molecule has 0 aromatic heterocycles. The van der Waals surface area contributed by atoms with E-state index < -0.39 is 11.9 Å². The Balaban J connectivity index is 1.78. The van der Waals surface area contributed by atoms with Crippen LogP contribution in [0.3, 0.4) is 0 Å². The summed E-state index contributed by atoms with van der Waals surface area (Å²) in [5.74, 6) is 0.215. The lowest BCUT2D eigenvalue weighted by Crippen LogP contribution is -2.25. The molecule has 1 heterocycles. The van der Waals surface area contributed by atoms with Crippen LogP contribution in [0.1, 0.15) is 11.1 Å². The minimum atomic E-state index is -0.469. The summed E-state index contributed by atoms with van der Waals surface area (Å²) < 4.78 is 24.2. The van der Waals surface area contributed by atoms with Crippen LogP contribution in [0.15, 0.2) is 48.2 Å². The Morgan fingerprint density at radius 3 is 2.62 bits per heavy atom. The van der Waals surface area contributed by atoms with Gasteiger partial charge in [0.2, 0.25) is 0 Å². The molecule has 3 amide bonds. The molecule has 1 aliphatic heterocycles. The van der Waals surface area contributed by atoms with Crippen molar-refractivity contribution in [3.63, 3.8) is 0 Å². The highest BCUT2D eigenvalue weighted by molar-refractivity contribution is 6.13. The van der Waals surface area contributed by atoms with E-state index in [0.717, 1.165) is 4.90 Å². The number of hydrogen-bond acceptors (Lipinski definition) is 4. The number of nitrogens with one attached hydrogen (secondary N) is 1. The summed E-state index contributed by atoms with van der Waals surface area (Å²) in [5.41, 5.74) is 1.55. The SMILES string of the molecule is COc1cc(/C=C2/NC(=O)N(C)C2=O)ccc1OCc1cccc(F)c1. The van der Waals surface area contributed by atoms with Gasteiger partial charge in [-0.1, -0.05) is 18.2 Å². The van der Waals surface area contributed by atoms with E-state index in [2.05, 4.69) is 5.32 Å². The Morgan fingerprint density at radius 2 is 1.96 bits per heavy atom. The monoisotopic (exact) mass is 356 g/mol. The normalized spacial score (nSPS) is 15.3. The van der Waals surface area contributed by atoms with Gasteiger partial charge in [-0.25, -0.2) is 9.18 Å². The van der Waals surface area contributed by atoms with E-state index >= 15 is 0 Å². The Morgan fingerprint density at radius 1 is 1.15 bits per heavy atom. The summed E-state index contributed by atoms with van der Waals surface area (Å²) >= 11 is 0. The van der Waals surface area contributed by atoms with E-state index in [1.165, 1.54) is 26.3 Å². The standard InChI is InChI=1S/C19H17FN2O4/c1-22-18(23)15(21-19(22)24)9-12-6-7-16(17(10-12)25-2)26-11-13-4-3-5-14(20)8-13/h3-10H,11H2,1-2H3,(H,21,24)/b15-9+. The van der Waals surface area contributed by atoms with E-state index in [1.54, 1.807) is 36.4 Å². The fraction of sp³-hybridized carbons (Fsp3) is 0.158. The molecule has 1 saturated heterocycles. The lowest BCUT2D eigenvalue weighted by molar-refractivity contribution is -0.121. The number of imide groups is 1. The molecule has 1 N–H and O–H groups in total. The van der Waals surface area contributed by atoms with Crippen molar-refractivity contribution in [3.8, 4) is 11.5 Å². The molecular formula is C19H17FN2O4. The molecule has 0 unspecified atom stereocenters. The summed E-state index contributed by atoms with van der Waals surface area (Å²) in [6.07, 6.45) is 1.56. The van der Waals surface area contributed by atoms with Gasteiger partial charge in [0.25, 0.3) is 5.91 Å². The third-order valence-corrected chi connectivity index (χ3v) is 3.86. The van der Waals surface area contributed by atoms with Crippen molar-refractivity contribution < 1.29 is 23.5 Å². The average Bonchev–Trinajstić information content (AvgIpc) is 2.87. The predicted molar refractivity (Wildman–Crippen MR) is 93.0 cm³/mol. The first-order chi connectivity index (χ1) is 12.5. The summed E-state index contributed by atoms with van der Waals surface area (Å²) in [6.45, 7) is 0.188. The maximum atomic E-state index is 13.2. The van der Waals surface area contributed by atoms with Gasteiger partial charge < -0.3 is 14.8 Å². The van der Waals surface area contributed by atoms with E-state index in [-0.39, 0.29) is 18.1 Å². The van der Waals surface area contributed by atoms with Crippen LogP contribution in [0.2, 0.25) is 0 Å². The van der Waals surface area contributed by atoms with Gasteiger partial charge in [0.15, 0.2) is 11.5 Å². The van der Waals surface area contributed by atoms with Crippen molar-refractivity contribution in [2.45, 2.75) is 6.61 Å². The first-order valence-corrected chi connectivity index (χ1v) is 7.84. The lowest BCUT2D eigenvalue weighted by Gasteiger charge is -2.11. The van der Waals surface area contributed by atoms with Gasteiger partial charge in [-0.15, -0.1) is 0 Å². The predicted octanol–water partition coefficient (Wildman–Crippen LogP) is 2.94. The molecule has 0 spiro atoms. The molecule has 0 atom stereocenters. The van der Waals surface area contributed by atoms with Crippen molar-refractivity contribution in [3.05, 3.63) is 65.1 Å². The molecule has 0 saturated carbocycles. The first-order valence-electron chi connectivity index (χ1n) is 7.84. The molecule has 0 radical (unpaired) electrons. The van der Waals surface area contributed by atoms with Crippen LogP contribution < -0.4 is 14.8 Å². The zero-order valence-electron chi connectivity index (χ0n) is 14.3. The van der Waals surface area contributed by atoms with Crippen molar-refractivity contribution >= 4 is 18.0 Å².